The molecule has 12 aromatic rings. The Kier molecular flexibility index (Phi) is 40.3. The highest BCUT2D eigenvalue weighted by atomic mass is 35.5. The maximum Gasteiger partial charge on any atom is 0.160 e. The molecule has 0 spiro atoms. The Morgan fingerprint density at radius 2 is 0.620 bits per heavy atom. The van der Waals surface area contributed by atoms with Gasteiger partial charge in [-0.05, 0) is 202 Å². The summed E-state index contributed by atoms with van der Waals surface area (Å²) in [5.74, 6) is 2.37. The first-order valence-corrected chi connectivity index (χ1v) is 34.7. The highest BCUT2D eigenvalue weighted by molar-refractivity contribution is 6.31. The maximum atomic E-state index is 11.3. The summed E-state index contributed by atoms with van der Waals surface area (Å²) < 4.78 is 9.89. The van der Waals surface area contributed by atoms with Gasteiger partial charge in [0, 0.05) is 65.7 Å². The van der Waals surface area contributed by atoms with Crippen LogP contribution in [-0.4, -0.2) is 72.1 Å². The molecule has 0 amide bonds. The van der Waals surface area contributed by atoms with Crippen LogP contribution >= 0.6 is 23.2 Å². The minimum Gasteiger partial charge on any atom is -0.497 e. The number of ether oxygens (including phenoxy) is 2. The van der Waals surface area contributed by atoms with Crippen molar-refractivity contribution in [2.75, 3.05) is 14.2 Å². The summed E-state index contributed by atoms with van der Waals surface area (Å²) in [5.41, 5.74) is 10.2. The smallest absolute Gasteiger partial charge is 0.160 e. The monoisotopic (exact) mass is 1480 g/mol. The van der Waals surface area contributed by atoms with Crippen molar-refractivity contribution in [1.29, 1.82) is 5.26 Å². The second kappa shape index (κ2) is 48.5. The van der Waals surface area contributed by atoms with Gasteiger partial charge in [0.25, 0.3) is 0 Å². The first-order chi connectivity index (χ1) is 51.4. The van der Waals surface area contributed by atoms with Crippen LogP contribution in [0.3, 0.4) is 0 Å². The number of ketones is 10. The number of methoxy groups -OCH3 is 2. The topological polar surface area (TPSA) is 213 Å². The predicted molar refractivity (Wildman–Crippen MR) is 437 cm³/mol. The minimum atomic E-state index is 0.0227. The molecule has 0 aromatic heterocycles. The van der Waals surface area contributed by atoms with E-state index in [0.29, 0.717) is 43.4 Å². The zero-order valence-corrected chi connectivity index (χ0v) is 64.7. The zero-order valence-electron chi connectivity index (χ0n) is 63.2. The standard InChI is InChI=1S/2C12H10O.C9H7NO.2C9H10O2.2C9H10O.2C8H7ClO.C8H8O/c1-9(13)11-8-4-6-10-5-2-3-7-12(10)11;1-9(13)11-7-6-10-4-2-3-5-12(10)8-11;1-7(11)9-4-2-8(6-10)3-5-9;1-7(10)8-3-5-9(11-2)6-4-8;1-7(10)8-4-3-5-9(6-8)11-2;1-7-3-5-9(6-4-7)8(2)10;1-7-4-3-5-9(6-7)8(2)10;1-6(10)7-2-4-8(9)5-3-7;1-6(10)7-3-2-4-8(9)5-7;1-7(9)8-5-3-2-4-6-8/h2*2-8H,1H3;2-5H,1H3;2*3-6H,1-2H3;2*3-6H,1-2H3;2*2-5H,1H3;2-6H,1H3. The fraction of sp³-hybridized carbons (Fsp3) is 0.151. The van der Waals surface area contributed by atoms with E-state index in [1.807, 2.05) is 190 Å². The van der Waals surface area contributed by atoms with Crippen molar-refractivity contribution in [3.05, 3.63) is 367 Å². The molecule has 0 bridgehead atoms. The molecule has 0 fully saturated rings. The van der Waals surface area contributed by atoms with Gasteiger partial charge in [-0.15, -0.1) is 0 Å². The summed E-state index contributed by atoms with van der Waals surface area (Å²) in [6.07, 6.45) is 0. The zero-order chi connectivity index (χ0) is 80.3. The van der Waals surface area contributed by atoms with Gasteiger partial charge in [-0.1, -0.05) is 222 Å². The number of Topliss-reactive ketones (excluding diaryl/α,β-unsaturated/α-hetero) is 10. The van der Waals surface area contributed by atoms with Gasteiger partial charge in [0.05, 0.1) is 25.9 Å². The average molecular weight is 1480 g/mol. The van der Waals surface area contributed by atoms with Gasteiger partial charge in [0.15, 0.2) is 57.8 Å². The van der Waals surface area contributed by atoms with Crippen LogP contribution < -0.4 is 9.47 Å². The van der Waals surface area contributed by atoms with E-state index in [2.05, 4.69) is 0 Å². The Hall–Kier alpha value is -12.5. The Labute approximate surface area is 643 Å². The number of aryl methyl sites for hydroxylation is 2. The molecule has 13 nitrogen and oxygen atoms in total. The summed E-state index contributed by atoms with van der Waals surface area (Å²) in [6.45, 7) is 19.5. The number of nitrogens with zero attached hydrogens (tertiary/aromatic N) is 1. The summed E-state index contributed by atoms with van der Waals surface area (Å²) in [5, 5.41) is 14.1. The number of carbonyl (C=O) groups is 10. The van der Waals surface area contributed by atoms with Crippen molar-refractivity contribution in [1.82, 2.24) is 0 Å². The number of rotatable bonds is 12. The lowest BCUT2D eigenvalue weighted by atomic mass is 10.0. The van der Waals surface area contributed by atoms with E-state index < -0.39 is 0 Å². The maximum absolute atomic E-state index is 11.3. The highest BCUT2D eigenvalue weighted by Crippen LogP contribution is 2.20. The first-order valence-electron chi connectivity index (χ1n) is 33.9. The number of hydrogen-bond donors (Lipinski definition) is 0. The quantitative estimate of drug-likeness (QED) is 0.104. The van der Waals surface area contributed by atoms with Crippen LogP contribution in [0.1, 0.15) is 190 Å². The molecular formula is C93H89Cl2NO12. The SMILES string of the molecule is CC(=O)c1ccc(C#N)cc1.CC(=O)c1ccc(C)cc1.CC(=O)c1ccc(Cl)cc1.CC(=O)c1ccc2ccccc2c1.CC(=O)c1cccc(C)c1.CC(=O)c1cccc(Cl)c1.CC(=O)c1cccc2ccccc12.CC(=O)c1ccccc1.COc1ccc(C(C)=O)cc1.COc1cccc(C(C)=O)c1. The lowest BCUT2D eigenvalue weighted by Crippen LogP contribution is -1.92. The molecule has 12 aromatic carbocycles. The first kappa shape index (κ1) is 89.7. The Bertz CT molecular complexity index is 4880. The third-order valence-corrected chi connectivity index (χ3v) is 15.8. The van der Waals surface area contributed by atoms with Gasteiger partial charge in [-0.3, -0.25) is 47.9 Å². The minimum absolute atomic E-state index is 0.0227. The molecule has 0 saturated carbocycles. The Balaban J connectivity index is 0.000000312. The number of fused-ring (bicyclic) bond motifs is 2. The Morgan fingerprint density at radius 3 is 1.05 bits per heavy atom. The van der Waals surface area contributed by atoms with Crippen LogP contribution in [0.25, 0.3) is 21.5 Å². The van der Waals surface area contributed by atoms with Gasteiger partial charge in [0.2, 0.25) is 0 Å². The van der Waals surface area contributed by atoms with E-state index in [0.717, 1.165) is 61.0 Å². The fourth-order valence-corrected chi connectivity index (χ4v) is 9.42. The van der Waals surface area contributed by atoms with Crippen molar-refractivity contribution in [3.63, 3.8) is 0 Å². The Morgan fingerprint density at radius 1 is 0.269 bits per heavy atom. The number of halogens is 2. The van der Waals surface area contributed by atoms with Crippen molar-refractivity contribution < 1.29 is 57.4 Å². The van der Waals surface area contributed by atoms with Crippen LogP contribution in [0.15, 0.2) is 285 Å². The highest BCUT2D eigenvalue weighted by Gasteiger charge is 2.06. The van der Waals surface area contributed by atoms with E-state index in [1.54, 1.807) is 171 Å². The predicted octanol–water partition coefficient (Wildman–Crippen LogP) is 23.0. The van der Waals surface area contributed by atoms with Crippen molar-refractivity contribution in [3.8, 4) is 17.6 Å². The van der Waals surface area contributed by atoms with E-state index in [9.17, 15) is 47.9 Å². The fourth-order valence-electron chi connectivity index (χ4n) is 9.11. The number of benzene rings is 12. The molecule has 0 saturated heterocycles. The molecule has 0 aliphatic rings. The molecule has 552 valence electrons. The van der Waals surface area contributed by atoms with E-state index in [4.69, 9.17) is 37.9 Å². The summed E-state index contributed by atoms with van der Waals surface area (Å²) in [6, 6.07) is 88.4. The number of nitriles is 1. The van der Waals surface area contributed by atoms with Crippen LogP contribution in [0, 0.1) is 25.2 Å². The van der Waals surface area contributed by atoms with Crippen LogP contribution in [0.2, 0.25) is 10.0 Å². The van der Waals surface area contributed by atoms with E-state index in [1.165, 1.54) is 38.6 Å². The van der Waals surface area contributed by atoms with Crippen molar-refractivity contribution >= 4 is 103 Å². The molecule has 0 unspecified atom stereocenters. The molecule has 0 aliphatic carbocycles. The molecule has 0 aliphatic heterocycles. The summed E-state index contributed by atoms with van der Waals surface area (Å²) in [4.78, 5) is 108. The normalized spacial score (nSPS) is 9.47. The summed E-state index contributed by atoms with van der Waals surface area (Å²) >= 11 is 11.2. The largest absolute Gasteiger partial charge is 0.497 e. The van der Waals surface area contributed by atoms with Gasteiger partial charge < -0.3 is 9.47 Å². The third kappa shape index (κ3) is 34.4. The van der Waals surface area contributed by atoms with Gasteiger partial charge >= 0.3 is 0 Å². The van der Waals surface area contributed by atoms with Crippen LogP contribution in [0.4, 0.5) is 0 Å². The van der Waals surface area contributed by atoms with Gasteiger partial charge in [-0.2, -0.15) is 5.26 Å². The molecule has 0 atom stereocenters. The molecule has 108 heavy (non-hydrogen) atoms. The second-order valence-electron chi connectivity index (χ2n) is 23.9. The van der Waals surface area contributed by atoms with Crippen molar-refractivity contribution in [2.24, 2.45) is 0 Å². The molecule has 0 N–H and O–H groups in total. The molecular weight excluding hydrogens is 1390 g/mol. The lowest BCUT2D eigenvalue weighted by molar-refractivity contribution is 0.100. The molecule has 15 heteroatoms. The van der Waals surface area contributed by atoms with Crippen molar-refractivity contribution in [2.45, 2.75) is 83.1 Å². The molecule has 0 radical (unpaired) electrons. The van der Waals surface area contributed by atoms with E-state index in [-0.39, 0.29) is 57.8 Å². The van der Waals surface area contributed by atoms with Crippen LogP contribution in [-0.2, 0) is 0 Å². The average Bonchev–Trinajstić information content (AvgIpc) is 0.830. The number of hydrogen-bond acceptors (Lipinski definition) is 13. The molecule has 0 heterocycles. The van der Waals surface area contributed by atoms with Gasteiger partial charge in [-0.25, -0.2) is 0 Å². The lowest BCUT2D eigenvalue weighted by Gasteiger charge is -2.01. The summed E-state index contributed by atoms with van der Waals surface area (Å²) in [7, 11) is 3.18. The molecule has 12 rings (SSSR count). The third-order valence-electron chi connectivity index (χ3n) is 15.3. The van der Waals surface area contributed by atoms with E-state index >= 15 is 0 Å². The number of carbonyl (C=O) groups excluding carboxylic acids is 10. The van der Waals surface area contributed by atoms with Gasteiger partial charge in [0.1, 0.15) is 11.5 Å². The van der Waals surface area contributed by atoms with Crippen LogP contribution in [0.5, 0.6) is 11.5 Å². The second-order valence-corrected chi connectivity index (χ2v) is 24.8.